The summed E-state index contributed by atoms with van der Waals surface area (Å²) in [6, 6.07) is 7.59. The minimum Gasteiger partial charge on any atom is -0.380 e. The molecule has 6 nitrogen and oxygen atoms in total. The molecule has 0 aromatic heterocycles. The van der Waals surface area contributed by atoms with Gasteiger partial charge in [0.15, 0.2) is 5.96 Å². The standard InChI is InChI=1S/C17H28N4O2/c1-4-9-19-16(22)15-8-6-7-14(12-15)13-21-17(18-3)20-10-11-23-5-2/h6-8,12H,4-5,9-11,13H2,1-3H3,(H,19,22)(H2,18,20,21). The predicted octanol–water partition coefficient (Wildman–Crippen LogP) is 1.53. The van der Waals surface area contributed by atoms with Crippen LogP contribution in [-0.4, -0.2) is 45.2 Å². The van der Waals surface area contributed by atoms with Crippen LogP contribution in [0.3, 0.4) is 0 Å². The number of aliphatic imine (C=N–C) groups is 1. The highest BCUT2D eigenvalue weighted by Crippen LogP contribution is 2.05. The molecule has 6 heteroatoms. The van der Waals surface area contributed by atoms with E-state index in [1.54, 1.807) is 7.05 Å². The molecule has 0 radical (unpaired) electrons. The highest BCUT2D eigenvalue weighted by atomic mass is 16.5. The fraction of sp³-hybridized carbons (Fsp3) is 0.529. The molecule has 0 atom stereocenters. The Balaban J connectivity index is 2.48. The first kappa shape index (κ1) is 19.0. The molecular weight excluding hydrogens is 292 g/mol. The second kappa shape index (κ2) is 11.5. The summed E-state index contributed by atoms with van der Waals surface area (Å²) in [6.45, 7) is 7.35. The van der Waals surface area contributed by atoms with Crippen LogP contribution < -0.4 is 16.0 Å². The van der Waals surface area contributed by atoms with Gasteiger partial charge in [0.2, 0.25) is 0 Å². The zero-order valence-corrected chi connectivity index (χ0v) is 14.3. The van der Waals surface area contributed by atoms with Crippen LogP contribution in [0.5, 0.6) is 0 Å². The van der Waals surface area contributed by atoms with Gasteiger partial charge in [-0.25, -0.2) is 0 Å². The lowest BCUT2D eigenvalue weighted by Crippen LogP contribution is -2.38. The number of carbonyl (C=O) groups excluding carboxylic acids is 1. The molecule has 0 aliphatic heterocycles. The molecule has 23 heavy (non-hydrogen) atoms. The van der Waals surface area contributed by atoms with Crippen LogP contribution in [0.25, 0.3) is 0 Å². The second-order valence-corrected chi connectivity index (χ2v) is 5.01. The summed E-state index contributed by atoms with van der Waals surface area (Å²) in [5, 5.41) is 9.28. The van der Waals surface area contributed by atoms with Crippen molar-refractivity contribution in [1.82, 2.24) is 16.0 Å². The molecule has 0 aliphatic carbocycles. The zero-order valence-electron chi connectivity index (χ0n) is 14.3. The lowest BCUT2D eigenvalue weighted by Gasteiger charge is -2.12. The van der Waals surface area contributed by atoms with E-state index in [0.717, 1.165) is 12.0 Å². The van der Waals surface area contributed by atoms with E-state index in [1.807, 2.05) is 38.1 Å². The van der Waals surface area contributed by atoms with Gasteiger partial charge in [-0.2, -0.15) is 0 Å². The van der Waals surface area contributed by atoms with Crippen molar-refractivity contribution in [2.24, 2.45) is 4.99 Å². The van der Waals surface area contributed by atoms with Crippen LogP contribution in [0.15, 0.2) is 29.3 Å². The lowest BCUT2D eigenvalue weighted by atomic mass is 10.1. The Morgan fingerprint density at radius 3 is 2.70 bits per heavy atom. The van der Waals surface area contributed by atoms with E-state index in [-0.39, 0.29) is 5.91 Å². The highest BCUT2D eigenvalue weighted by molar-refractivity contribution is 5.94. The topological polar surface area (TPSA) is 74.8 Å². The van der Waals surface area contributed by atoms with Gasteiger partial charge >= 0.3 is 0 Å². The van der Waals surface area contributed by atoms with Crippen LogP contribution in [0, 0.1) is 0 Å². The minimum absolute atomic E-state index is 0.0343. The van der Waals surface area contributed by atoms with Crippen molar-refractivity contribution in [2.75, 3.05) is 33.4 Å². The smallest absolute Gasteiger partial charge is 0.251 e. The molecule has 1 aromatic carbocycles. The number of nitrogens with one attached hydrogen (secondary N) is 3. The number of hydrogen-bond acceptors (Lipinski definition) is 3. The molecule has 1 aromatic rings. The van der Waals surface area contributed by atoms with Gasteiger partial charge in [-0.15, -0.1) is 0 Å². The molecule has 1 amide bonds. The predicted molar refractivity (Wildman–Crippen MR) is 93.8 cm³/mol. The number of amides is 1. The van der Waals surface area contributed by atoms with Crippen molar-refractivity contribution in [2.45, 2.75) is 26.8 Å². The van der Waals surface area contributed by atoms with Crippen LogP contribution in [0.4, 0.5) is 0 Å². The van der Waals surface area contributed by atoms with Crippen molar-refractivity contribution in [3.63, 3.8) is 0 Å². The average Bonchev–Trinajstić information content (AvgIpc) is 2.59. The summed E-state index contributed by atoms with van der Waals surface area (Å²) >= 11 is 0. The molecule has 3 N–H and O–H groups in total. The molecule has 128 valence electrons. The Kier molecular flexibility index (Phi) is 9.47. The van der Waals surface area contributed by atoms with Gasteiger partial charge in [0.25, 0.3) is 5.91 Å². The third kappa shape index (κ3) is 7.65. The molecule has 0 bridgehead atoms. The van der Waals surface area contributed by atoms with Gasteiger partial charge in [-0.1, -0.05) is 19.1 Å². The van der Waals surface area contributed by atoms with Crippen molar-refractivity contribution < 1.29 is 9.53 Å². The fourth-order valence-electron chi connectivity index (χ4n) is 1.96. The van der Waals surface area contributed by atoms with Crippen molar-refractivity contribution in [3.8, 4) is 0 Å². The third-order valence-corrected chi connectivity index (χ3v) is 3.15. The maximum atomic E-state index is 12.0. The molecule has 0 saturated carbocycles. The quantitative estimate of drug-likeness (QED) is 0.366. The van der Waals surface area contributed by atoms with Crippen LogP contribution >= 0.6 is 0 Å². The first-order valence-corrected chi connectivity index (χ1v) is 8.10. The van der Waals surface area contributed by atoms with Crippen LogP contribution in [0.1, 0.15) is 36.2 Å². The minimum atomic E-state index is -0.0343. The van der Waals surface area contributed by atoms with E-state index in [1.165, 1.54) is 0 Å². The average molecular weight is 320 g/mol. The molecule has 0 aliphatic rings. The van der Waals surface area contributed by atoms with Gasteiger partial charge < -0.3 is 20.7 Å². The van der Waals surface area contributed by atoms with Crippen LogP contribution in [0.2, 0.25) is 0 Å². The summed E-state index contributed by atoms with van der Waals surface area (Å²) in [5.74, 6) is 0.679. The Bertz CT molecular complexity index is 503. The van der Waals surface area contributed by atoms with E-state index in [0.29, 0.717) is 44.4 Å². The van der Waals surface area contributed by atoms with Gasteiger partial charge in [0.05, 0.1) is 6.61 Å². The van der Waals surface area contributed by atoms with Gasteiger partial charge in [-0.3, -0.25) is 9.79 Å². The van der Waals surface area contributed by atoms with E-state index in [4.69, 9.17) is 4.74 Å². The first-order chi connectivity index (χ1) is 11.2. The lowest BCUT2D eigenvalue weighted by molar-refractivity contribution is 0.0953. The van der Waals surface area contributed by atoms with Crippen molar-refractivity contribution in [3.05, 3.63) is 35.4 Å². The number of guanidine groups is 1. The number of ether oxygens (including phenoxy) is 1. The summed E-state index contributed by atoms with van der Waals surface area (Å²) in [4.78, 5) is 16.1. The summed E-state index contributed by atoms with van der Waals surface area (Å²) in [5.41, 5.74) is 1.71. The van der Waals surface area contributed by atoms with E-state index >= 15 is 0 Å². The van der Waals surface area contributed by atoms with E-state index in [9.17, 15) is 4.79 Å². The normalized spacial score (nSPS) is 11.2. The van der Waals surface area contributed by atoms with E-state index < -0.39 is 0 Å². The van der Waals surface area contributed by atoms with E-state index in [2.05, 4.69) is 20.9 Å². The molecule has 0 fully saturated rings. The second-order valence-electron chi connectivity index (χ2n) is 5.01. The Hall–Kier alpha value is -2.08. The zero-order chi connectivity index (χ0) is 16.9. The monoisotopic (exact) mass is 320 g/mol. The molecule has 0 unspecified atom stereocenters. The van der Waals surface area contributed by atoms with Crippen molar-refractivity contribution >= 4 is 11.9 Å². The SMILES string of the molecule is CCCNC(=O)c1cccc(CNC(=NC)NCCOCC)c1. The Morgan fingerprint density at radius 1 is 1.17 bits per heavy atom. The molecule has 1 rings (SSSR count). The number of carbonyl (C=O) groups is 1. The maximum Gasteiger partial charge on any atom is 0.251 e. The molecular formula is C17H28N4O2. The molecule has 0 saturated heterocycles. The Labute approximate surface area is 138 Å². The number of benzene rings is 1. The van der Waals surface area contributed by atoms with Gasteiger partial charge in [-0.05, 0) is 31.0 Å². The molecule has 0 heterocycles. The summed E-state index contributed by atoms with van der Waals surface area (Å²) in [6.07, 6.45) is 0.927. The van der Waals surface area contributed by atoms with Gasteiger partial charge in [0, 0.05) is 38.9 Å². The number of rotatable bonds is 9. The first-order valence-electron chi connectivity index (χ1n) is 8.10. The van der Waals surface area contributed by atoms with Gasteiger partial charge in [0.1, 0.15) is 0 Å². The van der Waals surface area contributed by atoms with Crippen molar-refractivity contribution in [1.29, 1.82) is 0 Å². The number of hydrogen-bond donors (Lipinski definition) is 3. The third-order valence-electron chi connectivity index (χ3n) is 3.15. The largest absolute Gasteiger partial charge is 0.380 e. The van der Waals surface area contributed by atoms with Crippen LogP contribution in [-0.2, 0) is 11.3 Å². The number of nitrogens with zero attached hydrogens (tertiary/aromatic N) is 1. The highest BCUT2D eigenvalue weighted by Gasteiger charge is 2.05. The fourth-order valence-corrected chi connectivity index (χ4v) is 1.96. The molecule has 0 spiro atoms. The Morgan fingerprint density at radius 2 is 2.00 bits per heavy atom. The maximum absolute atomic E-state index is 12.0. The summed E-state index contributed by atoms with van der Waals surface area (Å²) < 4.78 is 5.28. The summed E-state index contributed by atoms with van der Waals surface area (Å²) in [7, 11) is 1.73.